The van der Waals surface area contributed by atoms with E-state index in [0.717, 1.165) is 16.5 Å². The van der Waals surface area contributed by atoms with E-state index in [-0.39, 0.29) is 24.8 Å². The maximum atomic E-state index is 12.5. The highest BCUT2D eigenvalue weighted by Crippen LogP contribution is 2.14. The Morgan fingerprint density at radius 3 is 2.92 bits per heavy atom. The number of pyridine rings is 1. The lowest BCUT2D eigenvalue weighted by Crippen LogP contribution is -2.53. The zero-order valence-corrected chi connectivity index (χ0v) is 13.8. The van der Waals surface area contributed by atoms with Crippen LogP contribution < -0.4 is 0 Å². The highest BCUT2D eigenvalue weighted by Gasteiger charge is 2.26. The lowest BCUT2D eigenvalue weighted by Gasteiger charge is -2.34. The van der Waals surface area contributed by atoms with Gasteiger partial charge in [-0.05, 0) is 17.7 Å². The molecule has 0 N–H and O–H groups in total. The van der Waals surface area contributed by atoms with E-state index in [2.05, 4.69) is 4.98 Å². The summed E-state index contributed by atoms with van der Waals surface area (Å²) in [7, 11) is 1.61. The standard InChI is InChI=1S/C18H21N3O3/c1-24-9-8-20-6-7-21(13-18(20)23)17(22)11-14-10-15-4-2-3-5-16(15)19-12-14/h2-5,10,12H,6-9,11,13H2,1H3. The number of amides is 2. The van der Waals surface area contributed by atoms with Crippen molar-refractivity contribution < 1.29 is 14.3 Å². The van der Waals surface area contributed by atoms with Crippen LogP contribution in [0.2, 0.25) is 0 Å². The number of ether oxygens (including phenoxy) is 1. The number of methoxy groups -OCH3 is 1. The van der Waals surface area contributed by atoms with E-state index in [1.807, 2.05) is 30.3 Å². The van der Waals surface area contributed by atoms with Crippen LogP contribution in [0, 0.1) is 0 Å². The van der Waals surface area contributed by atoms with Gasteiger partial charge in [0.15, 0.2) is 0 Å². The maximum absolute atomic E-state index is 12.5. The predicted molar refractivity (Wildman–Crippen MR) is 90.5 cm³/mol. The minimum atomic E-state index is -0.0353. The summed E-state index contributed by atoms with van der Waals surface area (Å²) in [6.45, 7) is 2.36. The SMILES string of the molecule is COCCN1CCN(C(=O)Cc2cnc3ccccc3c2)CC1=O. The summed E-state index contributed by atoms with van der Waals surface area (Å²) in [5.41, 5.74) is 1.78. The molecule has 0 spiro atoms. The zero-order chi connectivity index (χ0) is 16.9. The Hall–Kier alpha value is -2.47. The van der Waals surface area contributed by atoms with Crippen molar-refractivity contribution in [1.82, 2.24) is 14.8 Å². The number of benzene rings is 1. The van der Waals surface area contributed by atoms with Crippen molar-refractivity contribution in [3.63, 3.8) is 0 Å². The number of fused-ring (bicyclic) bond motifs is 1. The quantitative estimate of drug-likeness (QED) is 0.825. The summed E-state index contributed by atoms with van der Waals surface area (Å²) in [6, 6.07) is 9.80. The summed E-state index contributed by atoms with van der Waals surface area (Å²) < 4.78 is 5.00. The van der Waals surface area contributed by atoms with Gasteiger partial charge in [0.25, 0.3) is 0 Å². The molecule has 0 saturated carbocycles. The molecule has 3 rings (SSSR count). The number of aromatic nitrogens is 1. The van der Waals surface area contributed by atoms with Crippen LogP contribution in [0.15, 0.2) is 36.5 Å². The molecule has 0 atom stereocenters. The number of carbonyl (C=O) groups excluding carboxylic acids is 2. The van der Waals surface area contributed by atoms with Gasteiger partial charge in [0, 0.05) is 38.3 Å². The molecule has 126 valence electrons. The summed E-state index contributed by atoms with van der Waals surface area (Å²) in [4.78, 5) is 32.3. The highest BCUT2D eigenvalue weighted by molar-refractivity contribution is 5.87. The van der Waals surface area contributed by atoms with Crippen LogP contribution in [-0.4, -0.2) is 66.5 Å². The van der Waals surface area contributed by atoms with Crippen molar-refractivity contribution in [2.45, 2.75) is 6.42 Å². The molecule has 0 bridgehead atoms. The summed E-state index contributed by atoms with van der Waals surface area (Å²) in [6.07, 6.45) is 2.00. The van der Waals surface area contributed by atoms with Gasteiger partial charge in [-0.3, -0.25) is 14.6 Å². The third-order valence-corrected chi connectivity index (χ3v) is 4.24. The average molecular weight is 327 g/mol. The molecule has 1 aliphatic heterocycles. The number of rotatable bonds is 5. The first kappa shape index (κ1) is 16.4. The van der Waals surface area contributed by atoms with Crippen LogP contribution >= 0.6 is 0 Å². The third-order valence-electron chi connectivity index (χ3n) is 4.24. The number of piperazine rings is 1. The second-order valence-corrected chi connectivity index (χ2v) is 5.90. The average Bonchev–Trinajstić information content (AvgIpc) is 2.60. The van der Waals surface area contributed by atoms with Gasteiger partial charge in [0.1, 0.15) is 0 Å². The maximum Gasteiger partial charge on any atom is 0.242 e. The molecular weight excluding hydrogens is 306 g/mol. The second kappa shape index (κ2) is 7.40. The van der Waals surface area contributed by atoms with Gasteiger partial charge in [0.2, 0.25) is 11.8 Å². The summed E-state index contributed by atoms with van der Waals surface area (Å²) in [5.74, 6) is -0.0601. The smallest absolute Gasteiger partial charge is 0.242 e. The molecule has 2 heterocycles. The molecule has 0 unspecified atom stereocenters. The van der Waals surface area contributed by atoms with E-state index >= 15 is 0 Å². The Labute approximate surface area is 141 Å². The Morgan fingerprint density at radius 2 is 2.12 bits per heavy atom. The molecule has 6 nitrogen and oxygen atoms in total. The highest BCUT2D eigenvalue weighted by atomic mass is 16.5. The van der Waals surface area contributed by atoms with E-state index < -0.39 is 0 Å². The topological polar surface area (TPSA) is 62.7 Å². The molecular formula is C18H21N3O3. The van der Waals surface area contributed by atoms with Crippen LogP contribution in [0.4, 0.5) is 0 Å². The molecule has 0 radical (unpaired) electrons. The lowest BCUT2D eigenvalue weighted by atomic mass is 10.1. The van der Waals surface area contributed by atoms with Crippen molar-refractivity contribution in [3.8, 4) is 0 Å². The van der Waals surface area contributed by atoms with E-state index in [1.165, 1.54) is 0 Å². The predicted octanol–water partition coefficient (Wildman–Crippen LogP) is 1.09. The molecule has 6 heteroatoms. The molecule has 1 aromatic heterocycles. The van der Waals surface area contributed by atoms with Crippen LogP contribution in [0.25, 0.3) is 10.9 Å². The van der Waals surface area contributed by atoms with Crippen molar-refractivity contribution in [3.05, 3.63) is 42.1 Å². The molecule has 0 aliphatic carbocycles. The van der Waals surface area contributed by atoms with Gasteiger partial charge in [0.05, 0.1) is 25.1 Å². The fraction of sp³-hybridized carbons (Fsp3) is 0.389. The number of nitrogens with zero attached hydrogens (tertiary/aromatic N) is 3. The van der Waals surface area contributed by atoms with Gasteiger partial charge in [-0.25, -0.2) is 0 Å². The number of carbonyl (C=O) groups is 2. The molecule has 1 saturated heterocycles. The Balaban J connectivity index is 1.61. The van der Waals surface area contributed by atoms with E-state index in [9.17, 15) is 9.59 Å². The zero-order valence-electron chi connectivity index (χ0n) is 13.8. The molecule has 1 fully saturated rings. The van der Waals surface area contributed by atoms with Crippen LogP contribution in [0.3, 0.4) is 0 Å². The molecule has 1 aliphatic rings. The molecule has 24 heavy (non-hydrogen) atoms. The number of para-hydroxylation sites is 1. The summed E-state index contributed by atoms with van der Waals surface area (Å²) >= 11 is 0. The fourth-order valence-corrected chi connectivity index (χ4v) is 2.86. The molecule has 2 aromatic rings. The fourth-order valence-electron chi connectivity index (χ4n) is 2.86. The van der Waals surface area contributed by atoms with Gasteiger partial charge in [-0.15, -0.1) is 0 Å². The van der Waals surface area contributed by atoms with E-state index in [4.69, 9.17) is 4.74 Å². The van der Waals surface area contributed by atoms with Crippen molar-refractivity contribution in [1.29, 1.82) is 0 Å². The van der Waals surface area contributed by atoms with Crippen molar-refractivity contribution >= 4 is 22.7 Å². The Bertz CT molecular complexity index is 747. The van der Waals surface area contributed by atoms with E-state index in [0.29, 0.717) is 26.2 Å². The first-order chi connectivity index (χ1) is 11.7. The van der Waals surface area contributed by atoms with Crippen LogP contribution in [0.1, 0.15) is 5.56 Å². The normalized spacial score (nSPS) is 15.1. The first-order valence-corrected chi connectivity index (χ1v) is 8.05. The molecule has 1 aromatic carbocycles. The van der Waals surface area contributed by atoms with Crippen LogP contribution in [-0.2, 0) is 20.7 Å². The van der Waals surface area contributed by atoms with Gasteiger partial charge < -0.3 is 14.5 Å². The minimum Gasteiger partial charge on any atom is -0.383 e. The first-order valence-electron chi connectivity index (χ1n) is 8.05. The van der Waals surface area contributed by atoms with Crippen molar-refractivity contribution in [2.24, 2.45) is 0 Å². The largest absolute Gasteiger partial charge is 0.383 e. The monoisotopic (exact) mass is 327 g/mol. The van der Waals surface area contributed by atoms with Gasteiger partial charge >= 0.3 is 0 Å². The number of hydrogen-bond acceptors (Lipinski definition) is 4. The van der Waals surface area contributed by atoms with Crippen LogP contribution in [0.5, 0.6) is 0 Å². The second-order valence-electron chi connectivity index (χ2n) is 5.90. The Morgan fingerprint density at radius 1 is 1.29 bits per heavy atom. The minimum absolute atomic E-state index is 0.0247. The van der Waals surface area contributed by atoms with Gasteiger partial charge in [-0.2, -0.15) is 0 Å². The summed E-state index contributed by atoms with van der Waals surface area (Å²) in [5, 5.41) is 1.02. The third kappa shape index (κ3) is 3.71. The van der Waals surface area contributed by atoms with Crippen molar-refractivity contribution in [2.75, 3.05) is 39.9 Å². The number of hydrogen-bond donors (Lipinski definition) is 0. The van der Waals surface area contributed by atoms with Gasteiger partial charge in [-0.1, -0.05) is 18.2 Å². The Kier molecular flexibility index (Phi) is 5.05. The van der Waals surface area contributed by atoms with E-state index in [1.54, 1.807) is 23.1 Å². The lowest BCUT2D eigenvalue weighted by molar-refractivity contribution is -0.145. The molecule has 2 amide bonds.